The van der Waals surface area contributed by atoms with E-state index >= 15 is 0 Å². The number of halogens is 1. The summed E-state index contributed by atoms with van der Waals surface area (Å²) in [4.78, 5) is 29.9. The van der Waals surface area contributed by atoms with Gasteiger partial charge in [0.1, 0.15) is 12.6 Å². The van der Waals surface area contributed by atoms with Crippen molar-refractivity contribution in [3.05, 3.63) is 130 Å². The van der Waals surface area contributed by atoms with Gasteiger partial charge in [0.2, 0.25) is 11.8 Å². The highest BCUT2D eigenvalue weighted by atomic mass is 35.5. The van der Waals surface area contributed by atoms with Gasteiger partial charge in [-0.2, -0.15) is 0 Å². The van der Waals surface area contributed by atoms with Crippen molar-refractivity contribution < 1.29 is 18.0 Å². The van der Waals surface area contributed by atoms with Gasteiger partial charge < -0.3 is 10.2 Å². The van der Waals surface area contributed by atoms with Gasteiger partial charge in [-0.1, -0.05) is 95.5 Å². The highest BCUT2D eigenvalue weighted by Gasteiger charge is 2.35. The summed E-state index contributed by atoms with van der Waals surface area (Å²) in [7, 11) is -4.21. The van der Waals surface area contributed by atoms with Gasteiger partial charge in [-0.25, -0.2) is 8.42 Å². The minimum Gasteiger partial charge on any atom is -0.352 e. The van der Waals surface area contributed by atoms with Gasteiger partial charge in [0.25, 0.3) is 10.0 Å². The molecule has 0 bridgehead atoms. The normalized spacial score (nSPS) is 12.1. The average Bonchev–Trinajstić information content (AvgIpc) is 3.00. The second kappa shape index (κ2) is 14.8. The van der Waals surface area contributed by atoms with E-state index in [1.54, 1.807) is 37.3 Å². The fourth-order valence-electron chi connectivity index (χ4n) is 5.04. The van der Waals surface area contributed by atoms with Crippen LogP contribution in [0.4, 0.5) is 5.69 Å². The lowest BCUT2D eigenvalue weighted by Gasteiger charge is -2.34. The number of nitrogens with zero attached hydrogens (tertiary/aromatic N) is 2. The maximum Gasteiger partial charge on any atom is 0.264 e. The summed E-state index contributed by atoms with van der Waals surface area (Å²) >= 11 is 6.45. The Kier molecular flexibility index (Phi) is 11.1. The summed E-state index contributed by atoms with van der Waals surface area (Å²) in [6.45, 7) is 8.86. The molecule has 0 radical (unpaired) electrons. The van der Waals surface area contributed by atoms with E-state index in [1.807, 2.05) is 82.3 Å². The molecule has 1 atom stereocenters. The van der Waals surface area contributed by atoms with Crippen LogP contribution in [0.1, 0.15) is 41.7 Å². The van der Waals surface area contributed by atoms with Gasteiger partial charge in [-0.15, -0.1) is 0 Å². The smallest absolute Gasteiger partial charge is 0.264 e. The molecule has 4 aromatic carbocycles. The van der Waals surface area contributed by atoms with Crippen LogP contribution in [-0.2, 0) is 32.6 Å². The number of rotatable bonds is 12. The van der Waals surface area contributed by atoms with E-state index < -0.39 is 28.5 Å². The van der Waals surface area contributed by atoms with E-state index in [4.69, 9.17) is 11.6 Å². The topological polar surface area (TPSA) is 86.8 Å². The lowest BCUT2D eigenvalue weighted by Crippen LogP contribution is -2.54. The first kappa shape index (κ1) is 33.7. The average molecular weight is 646 g/mol. The summed E-state index contributed by atoms with van der Waals surface area (Å²) in [5.41, 5.74) is 4.46. The van der Waals surface area contributed by atoms with E-state index in [0.29, 0.717) is 10.6 Å². The third kappa shape index (κ3) is 8.53. The fourth-order valence-corrected chi connectivity index (χ4v) is 6.68. The van der Waals surface area contributed by atoms with E-state index in [0.717, 1.165) is 26.6 Å². The summed E-state index contributed by atoms with van der Waals surface area (Å²) in [6.07, 6.45) is 0.248. The molecule has 9 heteroatoms. The van der Waals surface area contributed by atoms with Crippen molar-refractivity contribution in [1.82, 2.24) is 10.2 Å². The number of amides is 2. The van der Waals surface area contributed by atoms with Crippen molar-refractivity contribution in [3.63, 3.8) is 0 Å². The molecule has 0 saturated heterocycles. The van der Waals surface area contributed by atoms with E-state index in [-0.39, 0.29) is 35.5 Å². The van der Waals surface area contributed by atoms with Crippen LogP contribution in [0.5, 0.6) is 0 Å². The Bertz CT molecular complexity index is 1720. The Hall–Kier alpha value is -4.14. The molecular weight excluding hydrogens is 606 g/mol. The van der Waals surface area contributed by atoms with Crippen molar-refractivity contribution in [2.24, 2.45) is 0 Å². The van der Waals surface area contributed by atoms with Gasteiger partial charge >= 0.3 is 0 Å². The Morgan fingerprint density at radius 3 is 1.98 bits per heavy atom. The predicted octanol–water partition coefficient (Wildman–Crippen LogP) is 6.63. The summed E-state index contributed by atoms with van der Waals surface area (Å²) in [5.74, 6) is -0.841. The lowest BCUT2D eigenvalue weighted by atomic mass is 10.0. The lowest BCUT2D eigenvalue weighted by molar-refractivity contribution is -0.140. The molecule has 0 aliphatic rings. The molecule has 0 fully saturated rings. The van der Waals surface area contributed by atoms with Crippen molar-refractivity contribution in [2.45, 2.75) is 64.6 Å². The quantitative estimate of drug-likeness (QED) is 0.188. The van der Waals surface area contributed by atoms with Crippen LogP contribution in [0.2, 0.25) is 5.02 Å². The number of hydrogen-bond donors (Lipinski definition) is 1. The summed E-state index contributed by atoms with van der Waals surface area (Å²) in [5, 5.41) is 3.35. The van der Waals surface area contributed by atoms with Crippen molar-refractivity contribution in [2.75, 3.05) is 10.8 Å². The summed E-state index contributed by atoms with van der Waals surface area (Å²) < 4.78 is 29.6. The molecule has 0 heterocycles. The third-order valence-corrected chi connectivity index (χ3v) is 9.75. The number of carbonyl (C=O) groups is 2. The maximum absolute atomic E-state index is 14.6. The maximum atomic E-state index is 14.6. The van der Waals surface area contributed by atoms with Crippen LogP contribution in [-0.4, -0.2) is 43.8 Å². The molecule has 0 spiro atoms. The largest absolute Gasteiger partial charge is 0.352 e. The molecule has 0 aliphatic carbocycles. The Labute approximate surface area is 271 Å². The van der Waals surface area contributed by atoms with Crippen molar-refractivity contribution in [3.8, 4) is 0 Å². The second-order valence-electron chi connectivity index (χ2n) is 11.6. The molecule has 0 aromatic heterocycles. The standard InChI is InChI=1S/C36H40ClN3O4S/c1-25(2)38-36(42)34(22-29-10-7-6-8-11-29)39(23-30-18-14-26(3)15-19-30)35(41)24-40(33-13-9-12-32(37)28(33)5)45(43,44)31-20-16-27(4)17-21-31/h6-21,25,34H,22-24H2,1-5H3,(H,38,42). The van der Waals surface area contributed by atoms with Crippen molar-refractivity contribution >= 4 is 39.1 Å². The Morgan fingerprint density at radius 2 is 1.38 bits per heavy atom. The van der Waals surface area contributed by atoms with Crippen LogP contribution < -0.4 is 9.62 Å². The first-order valence-corrected chi connectivity index (χ1v) is 16.7. The summed E-state index contributed by atoms with van der Waals surface area (Å²) in [6, 6.07) is 27.6. The van der Waals surface area contributed by atoms with Crippen LogP contribution >= 0.6 is 11.6 Å². The van der Waals surface area contributed by atoms with Gasteiger partial charge in [0, 0.05) is 24.0 Å². The van der Waals surface area contributed by atoms with Crippen LogP contribution in [0.15, 0.2) is 102 Å². The van der Waals surface area contributed by atoms with Gasteiger partial charge in [-0.05, 0) is 75.6 Å². The first-order chi connectivity index (χ1) is 21.4. The number of anilines is 1. The number of hydrogen-bond acceptors (Lipinski definition) is 4. The molecule has 4 rings (SSSR count). The van der Waals surface area contributed by atoms with Crippen LogP contribution in [0, 0.1) is 20.8 Å². The first-order valence-electron chi connectivity index (χ1n) is 14.9. The molecule has 45 heavy (non-hydrogen) atoms. The second-order valence-corrected chi connectivity index (χ2v) is 13.9. The zero-order valence-electron chi connectivity index (χ0n) is 26.3. The van der Waals surface area contributed by atoms with Gasteiger partial charge in [-0.3, -0.25) is 13.9 Å². The van der Waals surface area contributed by atoms with E-state index in [9.17, 15) is 18.0 Å². The molecule has 0 saturated carbocycles. The highest BCUT2D eigenvalue weighted by Crippen LogP contribution is 2.31. The van der Waals surface area contributed by atoms with Gasteiger partial charge in [0.05, 0.1) is 10.6 Å². The molecule has 7 nitrogen and oxygen atoms in total. The van der Waals surface area contributed by atoms with Crippen molar-refractivity contribution in [1.29, 1.82) is 0 Å². The molecule has 4 aromatic rings. The minimum absolute atomic E-state index is 0.0451. The number of sulfonamides is 1. The minimum atomic E-state index is -4.21. The third-order valence-electron chi connectivity index (χ3n) is 7.57. The molecule has 2 amide bonds. The highest BCUT2D eigenvalue weighted by molar-refractivity contribution is 7.92. The van der Waals surface area contributed by atoms with Crippen LogP contribution in [0.25, 0.3) is 0 Å². The zero-order chi connectivity index (χ0) is 32.7. The number of carbonyl (C=O) groups excluding carboxylic acids is 2. The molecule has 1 unspecified atom stereocenters. The predicted molar refractivity (Wildman–Crippen MR) is 181 cm³/mol. The monoisotopic (exact) mass is 645 g/mol. The van der Waals surface area contributed by atoms with Gasteiger partial charge in [0.15, 0.2) is 0 Å². The molecule has 1 N–H and O–H groups in total. The molecule has 236 valence electrons. The number of benzene rings is 4. The number of aryl methyl sites for hydroxylation is 2. The Morgan fingerprint density at radius 1 is 0.778 bits per heavy atom. The van der Waals surface area contributed by atoms with Crippen LogP contribution in [0.3, 0.4) is 0 Å². The fraction of sp³-hybridized carbons (Fsp3) is 0.278. The van der Waals surface area contributed by atoms with E-state index in [2.05, 4.69) is 5.32 Å². The molecule has 0 aliphatic heterocycles. The Balaban J connectivity index is 1.83. The zero-order valence-corrected chi connectivity index (χ0v) is 27.9. The molecular formula is C36H40ClN3O4S. The number of nitrogens with one attached hydrogen (secondary N) is 1. The van der Waals surface area contributed by atoms with E-state index in [1.165, 1.54) is 17.0 Å². The SMILES string of the molecule is Cc1ccc(CN(C(=O)CN(c2cccc(Cl)c2C)S(=O)(=O)c2ccc(C)cc2)C(Cc2ccccc2)C(=O)NC(C)C)cc1.